The number of hydrogen-bond acceptors (Lipinski definition) is 5. The van der Waals surface area contributed by atoms with Crippen LogP contribution in [0, 0.1) is 5.92 Å². The van der Waals surface area contributed by atoms with Crippen LogP contribution < -0.4 is 0 Å². The Hall–Kier alpha value is -1.88. The fourth-order valence-electron chi connectivity index (χ4n) is 3.80. The molecule has 0 amide bonds. The molecule has 25 heavy (non-hydrogen) atoms. The van der Waals surface area contributed by atoms with Crippen molar-refractivity contribution in [3.8, 4) is 0 Å². The third-order valence-electron chi connectivity index (χ3n) is 4.99. The van der Waals surface area contributed by atoms with E-state index in [9.17, 15) is 14.7 Å². The van der Waals surface area contributed by atoms with Crippen molar-refractivity contribution in [2.75, 3.05) is 13.7 Å². The van der Waals surface area contributed by atoms with Crippen LogP contribution >= 0.6 is 0 Å². The first-order chi connectivity index (χ1) is 12.1. The van der Waals surface area contributed by atoms with Gasteiger partial charge in [-0.25, -0.2) is 0 Å². The molecule has 138 valence electrons. The van der Waals surface area contributed by atoms with Gasteiger partial charge >= 0.3 is 11.9 Å². The second-order valence-electron chi connectivity index (χ2n) is 6.64. The summed E-state index contributed by atoms with van der Waals surface area (Å²) in [5.74, 6) is -0.342. The molecular formula is C20H28O5. The van der Waals surface area contributed by atoms with Crippen molar-refractivity contribution in [3.05, 3.63) is 35.4 Å². The molecule has 0 heterocycles. The van der Waals surface area contributed by atoms with Crippen molar-refractivity contribution < 1.29 is 24.2 Å². The van der Waals surface area contributed by atoms with Crippen LogP contribution in [0.3, 0.4) is 0 Å². The molecule has 2 rings (SSSR count). The van der Waals surface area contributed by atoms with Gasteiger partial charge in [-0.1, -0.05) is 43.5 Å². The zero-order valence-electron chi connectivity index (χ0n) is 15.1. The van der Waals surface area contributed by atoms with Gasteiger partial charge in [-0.05, 0) is 24.0 Å². The summed E-state index contributed by atoms with van der Waals surface area (Å²) in [6.45, 7) is 1.49. The predicted molar refractivity (Wildman–Crippen MR) is 94.0 cm³/mol. The van der Waals surface area contributed by atoms with Crippen LogP contribution in [0.4, 0.5) is 0 Å². The second kappa shape index (κ2) is 9.56. The summed E-state index contributed by atoms with van der Waals surface area (Å²) in [6, 6.07) is 7.91. The number of hydrogen-bond donors (Lipinski definition) is 1. The van der Waals surface area contributed by atoms with Crippen molar-refractivity contribution in [3.63, 3.8) is 0 Å². The molecule has 0 fully saturated rings. The number of fused-ring (bicyclic) bond motifs is 1. The van der Waals surface area contributed by atoms with E-state index < -0.39 is 0 Å². The molecule has 3 unspecified atom stereocenters. The topological polar surface area (TPSA) is 72.8 Å². The molecule has 1 aromatic rings. The number of benzene rings is 1. The fraction of sp³-hybridized carbons (Fsp3) is 0.600. The summed E-state index contributed by atoms with van der Waals surface area (Å²) in [6.07, 6.45) is 4.85. The number of methoxy groups -OCH3 is 1. The van der Waals surface area contributed by atoms with Crippen molar-refractivity contribution in [1.29, 1.82) is 0 Å². The third kappa shape index (κ3) is 5.05. The highest BCUT2D eigenvalue weighted by Crippen LogP contribution is 2.49. The molecule has 0 saturated carbocycles. The highest BCUT2D eigenvalue weighted by atomic mass is 16.5. The SMILES string of the molecule is COC(=O)CCCCCCC1C(CO)c2ccccc2C1OC(C)=O. The lowest BCUT2D eigenvalue weighted by molar-refractivity contribution is -0.149. The number of carbonyl (C=O) groups excluding carboxylic acids is 2. The molecule has 0 saturated heterocycles. The molecule has 1 aliphatic rings. The highest BCUT2D eigenvalue weighted by molar-refractivity contribution is 5.69. The van der Waals surface area contributed by atoms with E-state index in [0.29, 0.717) is 6.42 Å². The lowest BCUT2D eigenvalue weighted by Gasteiger charge is -2.24. The van der Waals surface area contributed by atoms with E-state index in [1.807, 2.05) is 24.3 Å². The van der Waals surface area contributed by atoms with E-state index in [2.05, 4.69) is 4.74 Å². The molecule has 1 N–H and O–H groups in total. The Labute approximate surface area is 149 Å². The summed E-state index contributed by atoms with van der Waals surface area (Å²) in [5.41, 5.74) is 2.11. The standard InChI is InChI=1S/C20H28O5/c1-14(22)25-20-16-11-8-7-9-15(16)18(13-21)17(20)10-5-3-4-6-12-19(23)24-2/h7-9,11,17-18,20-21H,3-6,10,12-13H2,1-2H3. The van der Waals surface area contributed by atoms with Crippen LogP contribution in [0.15, 0.2) is 24.3 Å². The molecule has 0 bridgehead atoms. The smallest absolute Gasteiger partial charge is 0.305 e. The number of esters is 2. The average Bonchev–Trinajstić information content (AvgIpc) is 2.90. The van der Waals surface area contributed by atoms with Crippen LogP contribution in [-0.4, -0.2) is 30.8 Å². The second-order valence-corrected chi connectivity index (χ2v) is 6.64. The first kappa shape index (κ1) is 19.4. The molecule has 0 spiro atoms. The van der Waals surface area contributed by atoms with Gasteiger partial charge in [0.15, 0.2) is 0 Å². The molecule has 1 aromatic carbocycles. The van der Waals surface area contributed by atoms with Crippen LogP contribution in [0.5, 0.6) is 0 Å². The maximum Gasteiger partial charge on any atom is 0.305 e. The summed E-state index contributed by atoms with van der Waals surface area (Å²) in [4.78, 5) is 22.6. The van der Waals surface area contributed by atoms with Gasteiger partial charge in [-0.15, -0.1) is 0 Å². The Kier molecular flexibility index (Phi) is 7.44. The van der Waals surface area contributed by atoms with Gasteiger partial charge < -0.3 is 14.6 Å². The van der Waals surface area contributed by atoms with E-state index in [-0.39, 0.29) is 36.5 Å². The summed E-state index contributed by atoms with van der Waals surface area (Å²) in [5, 5.41) is 9.87. The fourth-order valence-corrected chi connectivity index (χ4v) is 3.80. The van der Waals surface area contributed by atoms with Crippen molar-refractivity contribution >= 4 is 11.9 Å². The van der Waals surface area contributed by atoms with Gasteiger partial charge in [0.25, 0.3) is 0 Å². The molecular weight excluding hydrogens is 320 g/mol. The van der Waals surface area contributed by atoms with Crippen LogP contribution in [-0.2, 0) is 19.1 Å². The average molecular weight is 348 g/mol. The summed E-state index contributed by atoms with van der Waals surface area (Å²) in [7, 11) is 1.41. The normalized spacial score (nSPS) is 21.6. The van der Waals surface area contributed by atoms with Gasteiger partial charge in [0, 0.05) is 25.2 Å². The van der Waals surface area contributed by atoms with Gasteiger partial charge in [0.1, 0.15) is 6.10 Å². The lowest BCUT2D eigenvalue weighted by Crippen LogP contribution is -2.19. The number of ether oxygens (including phenoxy) is 2. The number of aliphatic hydroxyl groups excluding tert-OH is 1. The highest BCUT2D eigenvalue weighted by Gasteiger charge is 2.41. The molecule has 0 aliphatic heterocycles. The lowest BCUT2D eigenvalue weighted by atomic mass is 9.87. The number of unbranched alkanes of at least 4 members (excludes halogenated alkanes) is 3. The van der Waals surface area contributed by atoms with Crippen LogP contribution in [0.1, 0.15) is 68.6 Å². The Bertz CT molecular complexity index is 583. The maximum absolute atomic E-state index is 11.5. The maximum atomic E-state index is 11.5. The van der Waals surface area contributed by atoms with Gasteiger partial charge in [-0.2, -0.15) is 0 Å². The first-order valence-electron chi connectivity index (χ1n) is 9.02. The van der Waals surface area contributed by atoms with E-state index in [1.54, 1.807) is 0 Å². The first-order valence-corrected chi connectivity index (χ1v) is 9.02. The van der Waals surface area contributed by atoms with Crippen LogP contribution in [0.25, 0.3) is 0 Å². The minimum Gasteiger partial charge on any atom is -0.469 e. The predicted octanol–water partition coefficient (Wildman–Crippen LogP) is 3.51. The molecule has 0 radical (unpaired) electrons. The van der Waals surface area contributed by atoms with Gasteiger partial charge in [-0.3, -0.25) is 9.59 Å². The molecule has 5 heteroatoms. The number of rotatable bonds is 9. The third-order valence-corrected chi connectivity index (χ3v) is 4.99. The van der Waals surface area contributed by atoms with Crippen molar-refractivity contribution in [2.24, 2.45) is 5.92 Å². The number of carbonyl (C=O) groups is 2. The largest absolute Gasteiger partial charge is 0.469 e. The van der Waals surface area contributed by atoms with Gasteiger partial charge in [0.2, 0.25) is 0 Å². The summed E-state index contributed by atoms with van der Waals surface area (Å²) < 4.78 is 10.2. The zero-order chi connectivity index (χ0) is 18.2. The molecule has 3 atom stereocenters. The monoisotopic (exact) mass is 348 g/mol. The Morgan fingerprint density at radius 1 is 1.08 bits per heavy atom. The molecule has 1 aliphatic carbocycles. The van der Waals surface area contributed by atoms with E-state index in [4.69, 9.17) is 4.74 Å². The minimum atomic E-state index is -0.290. The summed E-state index contributed by atoms with van der Waals surface area (Å²) >= 11 is 0. The minimum absolute atomic E-state index is 0.00983. The Morgan fingerprint density at radius 3 is 2.40 bits per heavy atom. The number of aliphatic hydroxyl groups is 1. The zero-order valence-corrected chi connectivity index (χ0v) is 15.1. The quantitative estimate of drug-likeness (QED) is 0.546. The van der Waals surface area contributed by atoms with Crippen LogP contribution in [0.2, 0.25) is 0 Å². The van der Waals surface area contributed by atoms with Crippen molar-refractivity contribution in [1.82, 2.24) is 0 Å². The Balaban J connectivity index is 1.93. The van der Waals surface area contributed by atoms with E-state index in [0.717, 1.165) is 43.2 Å². The van der Waals surface area contributed by atoms with E-state index >= 15 is 0 Å². The van der Waals surface area contributed by atoms with Crippen molar-refractivity contribution in [2.45, 2.75) is 57.5 Å². The molecule has 5 nitrogen and oxygen atoms in total. The van der Waals surface area contributed by atoms with Gasteiger partial charge in [0.05, 0.1) is 13.7 Å². The molecule has 0 aromatic heterocycles. The Morgan fingerprint density at radius 2 is 1.76 bits per heavy atom. The van der Waals surface area contributed by atoms with E-state index in [1.165, 1.54) is 14.0 Å².